The molecule has 2 unspecified atom stereocenters. The van der Waals surface area contributed by atoms with Crippen LogP contribution in [-0.4, -0.2) is 23.6 Å². The molecule has 114 valence electrons. The number of carbonyl (C=O) groups excluding carboxylic acids is 1. The van der Waals surface area contributed by atoms with Crippen LogP contribution in [0.3, 0.4) is 0 Å². The van der Waals surface area contributed by atoms with E-state index in [1.165, 1.54) is 12.1 Å². The van der Waals surface area contributed by atoms with Gasteiger partial charge >= 0.3 is 12.1 Å². The first-order valence-corrected chi connectivity index (χ1v) is 5.74. The smallest absolute Gasteiger partial charge is 0.329 e. The number of fused-ring (bicyclic) bond motifs is 1. The molecule has 2 N–H and O–H groups in total. The molecule has 0 aliphatic carbocycles. The van der Waals surface area contributed by atoms with E-state index in [2.05, 4.69) is 5.32 Å². The maximum Gasteiger partial charge on any atom is 0.471 e. The predicted octanol–water partition coefficient (Wildman–Crippen LogP) is 1.89. The molecule has 2 atom stereocenters. The minimum Gasteiger partial charge on any atom is -0.329 e. The zero-order valence-corrected chi connectivity index (χ0v) is 10.3. The van der Waals surface area contributed by atoms with E-state index in [1.54, 1.807) is 5.32 Å². The average molecular weight is 307 g/mol. The summed E-state index contributed by atoms with van der Waals surface area (Å²) in [6, 6.07) is 3.49. The van der Waals surface area contributed by atoms with Crippen LogP contribution in [0.2, 0.25) is 0 Å². The van der Waals surface area contributed by atoms with Crippen LogP contribution in [0.25, 0.3) is 0 Å². The van der Waals surface area contributed by atoms with Gasteiger partial charge in [0.25, 0.3) is 5.69 Å². The largest absolute Gasteiger partial charge is 0.471 e. The second-order valence-electron chi connectivity index (χ2n) is 4.32. The average Bonchev–Trinajstić information content (AvgIpc) is 2.40. The van der Waals surface area contributed by atoms with Crippen molar-refractivity contribution >= 4 is 11.6 Å². The number of nitro groups is 1. The summed E-state index contributed by atoms with van der Waals surface area (Å²) in [6.07, 6.45) is -8.20. The summed E-state index contributed by atoms with van der Waals surface area (Å²) < 4.78 is 50.6. The van der Waals surface area contributed by atoms with Crippen molar-refractivity contribution in [2.24, 2.45) is 0 Å². The second kappa shape index (κ2) is 5.28. The van der Waals surface area contributed by atoms with Gasteiger partial charge in [0.1, 0.15) is 12.3 Å². The Morgan fingerprint density at radius 1 is 1.43 bits per heavy atom. The number of carbonyl (C=O) groups is 1. The number of rotatable bonds is 2. The molecule has 10 heteroatoms. The van der Waals surface area contributed by atoms with Crippen molar-refractivity contribution in [1.82, 2.24) is 10.6 Å². The fourth-order valence-electron chi connectivity index (χ4n) is 2.10. The van der Waals surface area contributed by atoms with E-state index in [4.69, 9.17) is 0 Å². The Hall–Kier alpha value is -2.23. The van der Waals surface area contributed by atoms with Crippen molar-refractivity contribution in [3.8, 4) is 0 Å². The molecule has 1 heterocycles. The van der Waals surface area contributed by atoms with E-state index in [0.717, 1.165) is 6.07 Å². The fourth-order valence-corrected chi connectivity index (χ4v) is 2.10. The molecule has 0 spiro atoms. The van der Waals surface area contributed by atoms with Gasteiger partial charge in [-0.25, -0.2) is 4.39 Å². The first-order valence-electron chi connectivity index (χ1n) is 5.74. The Morgan fingerprint density at radius 2 is 2.10 bits per heavy atom. The number of hydrogen-bond acceptors (Lipinski definition) is 4. The maximum atomic E-state index is 13.8. The van der Waals surface area contributed by atoms with Gasteiger partial charge in [0.05, 0.1) is 10.5 Å². The normalized spacial score (nSPS) is 21.5. The van der Waals surface area contributed by atoms with E-state index in [9.17, 15) is 32.5 Å². The first-order chi connectivity index (χ1) is 9.71. The van der Waals surface area contributed by atoms with Crippen molar-refractivity contribution < 1.29 is 27.3 Å². The van der Waals surface area contributed by atoms with E-state index >= 15 is 0 Å². The molecule has 21 heavy (non-hydrogen) atoms. The second-order valence-corrected chi connectivity index (χ2v) is 4.32. The Morgan fingerprint density at radius 3 is 2.67 bits per heavy atom. The minimum absolute atomic E-state index is 0.0967. The van der Waals surface area contributed by atoms with Crippen molar-refractivity contribution in [2.45, 2.75) is 18.5 Å². The molecular formula is C11H9F4N3O3. The van der Waals surface area contributed by atoms with Crippen molar-refractivity contribution in [1.29, 1.82) is 0 Å². The third-order valence-corrected chi connectivity index (χ3v) is 2.97. The fraction of sp³-hybridized carbons (Fsp3) is 0.364. The zero-order chi connectivity index (χ0) is 15.8. The molecule has 2 rings (SSSR count). The van der Waals surface area contributed by atoms with Gasteiger partial charge in [-0.05, 0) is 0 Å². The van der Waals surface area contributed by atoms with Crippen molar-refractivity contribution in [3.63, 3.8) is 0 Å². The highest BCUT2D eigenvalue weighted by molar-refractivity contribution is 5.82. The molecule has 0 aromatic heterocycles. The van der Waals surface area contributed by atoms with Gasteiger partial charge in [0.15, 0.2) is 0 Å². The van der Waals surface area contributed by atoms with Crippen LogP contribution < -0.4 is 10.6 Å². The number of nitrogens with one attached hydrogen (secondary N) is 2. The molecule has 6 nitrogen and oxygen atoms in total. The summed E-state index contributed by atoms with van der Waals surface area (Å²) >= 11 is 0. The van der Waals surface area contributed by atoms with Crippen molar-refractivity contribution in [3.05, 3.63) is 39.4 Å². The molecule has 0 bridgehead atoms. The van der Waals surface area contributed by atoms with Crippen LogP contribution in [0.4, 0.5) is 23.2 Å². The summed E-state index contributed by atoms with van der Waals surface area (Å²) in [5, 5.41) is 14.9. The van der Waals surface area contributed by atoms with Crippen LogP contribution in [0.15, 0.2) is 18.2 Å². The quantitative estimate of drug-likeness (QED) is 0.496. The Bertz CT molecular complexity index is 591. The third-order valence-electron chi connectivity index (χ3n) is 2.97. The summed E-state index contributed by atoms with van der Waals surface area (Å²) in [5.74, 6) is -2.21. The molecule has 0 fully saturated rings. The SMILES string of the molecule is O=C(NC1NCC(F)c2c1cccc2[N+](=O)[O-])C(F)(F)F. The van der Waals surface area contributed by atoms with Crippen molar-refractivity contribution in [2.75, 3.05) is 6.54 Å². The molecule has 1 aliphatic rings. The lowest BCUT2D eigenvalue weighted by Gasteiger charge is -2.29. The summed E-state index contributed by atoms with van der Waals surface area (Å²) in [7, 11) is 0. The monoisotopic (exact) mass is 307 g/mol. The van der Waals surface area contributed by atoms with Gasteiger partial charge in [0.2, 0.25) is 0 Å². The van der Waals surface area contributed by atoms with E-state index in [0.29, 0.717) is 0 Å². The van der Waals surface area contributed by atoms with Gasteiger partial charge in [-0.3, -0.25) is 20.2 Å². The highest BCUT2D eigenvalue weighted by Crippen LogP contribution is 2.36. The van der Waals surface area contributed by atoms with Crippen LogP contribution >= 0.6 is 0 Å². The highest BCUT2D eigenvalue weighted by atomic mass is 19.4. The Balaban J connectivity index is 2.39. The molecule has 1 aromatic carbocycles. The number of benzene rings is 1. The lowest BCUT2D eigenvalue weighted by atomic mass is 9.95. The van der Waals surface area contributed by atoms with Crippen LogP contribution in [-0.2, 0) is 4.79 Å². The van der Waals surface area contributed by atoms with Gasteiger partial charge in [-0.2, -0.15) is 13.2 Å². The molecule has 0 saturated heterocycles. The Kier molecular flexibility index (Phi) is 3.81. The number of hydrogen-bond donors (Lipinski definition) is 2. The molecule has 0 saturated carbocycles. The third kappa shape index (κ3) is 2.94. The molecular weight excluding hydrogens is 298 g/mol. The summed E-state index contributed by atoms with van der Waals surface area (Å²) in [4.78, 5) is 21.0. The van der Waals surface area contributed by atoms with Gasteiger partial charge < -0.3 is 5.32 Å². The number of nitrogens with zero attached hydrogens (tertiary/aromatic N) is 1. The van der Waals surface area contributed by atoms with Gasteiger partial charge in [0, 0.05) is 18.2 Å². The van der Waals surface area contributed by atoms with E-state index in [-0.39, 0.29) is 11.1 Å². The minimum atomic E-state index is -5.10. The van der Waals surface area contributed by atoms with E-state index in [1.807, 2.05) is 0 Å². The lowest BCUT2D eigenvalue weighted by Crippen LogP contribution is -2.47. The maximum absolute atomic E-state index is 13.8. The topological polar surface area (TPSA) is 84.3 Å². The number of halogens is 4. The van der Waals surface area contributed by atoms with Gasteiger partial charge in [-0.1, -0.05) is 12.1 Å². The lowest BCUT2D eigenvalue weighted by molar-refractivity contribution is -0.386. The molecule has 1 amide bonds. The summed E-state index contributed by atoms with van der Waals surface area (Å²) in [5.41, 5.74) is -0.956. The molecule has 1 aromatic rings. The number of alkyl halides is 4. The molecule has 0 radical (unpaired) electrons. The number of nitro benzene ring substituents is 1. The van der Waals surface area contributed by atoms with Crippen LogP contribution in [0.1, 0.15) is 23.5 Å². The predicted molar refractivity (Wildman–Crippen MR) is 61.9 cm³/mol. The zero-order valence-electron chi connectivity index (χ0n) is 10.3. The Labute approximate surface area is 115 Å². The van der Waals surface area contributed by atoms with Gasteiger partial charge in [-0.15, -0.1) is 0 Å². The molecule has 1 aliphatic heterocycles. The van der Waals surface area contributed by atoms with Crippen LogP contribution in [0, 0.1) is 10.1 Å². The highest BCUT2D eigenvalue weighted by Gasteiger charge is 2.42. The van der Waals surface area contributed by atoms with Crippen LogP contribution in [0.5, 0.6) is 0 Å². The van der Waals surface area contributed by atoms with E-state index < -0.39 is 41.6 Å². The number of amides is 1. The standard InChI is InChI=1S/C11H9F4N3O3/c12-6-4-16-9(17-10(19)11(13,14)15)5-2-1-3-7(8(5)6)18(20)21/h1-3,6,9,16H,4H2,(H,17,19). The first kappa shape index (κ1) is 15.2. The summed E-state index contributed by atoms with van der Waals surface area (Å²) in [6.45, 7) is -0.444.